The normalized spacial score (nSPS) is 11.4. The van der Waals surface area contributed by atoms with Crippen LogP contribution in [0.5, 0.6) is 0 Å². The lowest BCUT2D eigenvalue weighted by molar-refractivity contribution is 0.600. The molecule has 2 rings (SSSR count). The van der Waals surface area contributed by atoms with Crippen LogP contribution >= 0.6 is 50.1 Å². The van der Waals surface area contributed by atoms with E-state index in [2.05, 4.69) is 43.2 Å². The van der Waals surface area contributed by atoms with Crippen LogP contribution in [0.4, 0.5) is 5.69 Å². The van der Waals surface area contributed by atoms with Crippen LogP contribution in [0.3, 0.4) is 0 Å². The first-order valence-corrected chi connectivity index (χ1v) is 9.27. The first-order valence-electron chi connectivity index (χ1n) is 5.53. The summed E-state index contributed by atoms with van der Waals surface area (Å²) in [6.07, 6.45) is 0. The number of nitrogens with one attached hydrogen (secondary N) is 1. The van der Waals surface area contributed by atoms with Gasteiger partial charge in [0.05, 0.1) is 15.6 Å². The van der Waals surface area contributed by atoms with Gasteiger partial charge >= 0.3 is 0 Å². The summed E-state index contributed by atoms with van der Waals surface area (Å²) in [4.78, 5) is 0.224. The maximum atomic E-state index is 12.4. The molecule has 0 radical (unpaired) electrons. The van der Waals surface area contributed by atoms with Crippen molar-refractivity contribution in [1.29, 1.82) is 0 Å². The van der Waals surface area contributed by atoms with Crippen molar-refractivity contribution in [2.75, 3.05) is 4.72 Å². The molecule has 7 heteroatoms. The van der Waals surface area contributed by atoms with E-state index in [1.54, 1.807) is 43.3 Å². The van der Waals surface area contributed by atoms with Crippen molar-refractivity contribution in [1.82, 2.24) is 0 Å². The Morgan fingerprint density at radius 3 is 2.55 bits per heavy atom. The maximum Gasteiger partial charge on any atom is 0.262 e. The molecule has 3 nitrogen and oxygen atoms in total. The highest BCUT2D eigenvalue weighted by atomic mass is 127. The highest BCUT2D eigenvalue weighted by Crippen LogP contribution is 2.28. The van der Waals surface area contributed by atoms with Crippen LogP contribution in [0, 0.1) is 10.5 Å². The molecule has 0 aliphatic carbocycles. The smallest absolute Gasteiger partial charge is 0.262 e. The molecule has 2 aromatic carbocycles. The molecule has 0 saturated carbocycles. The summed E-state index contributed by atoms with van der Waals surface area (Å²) in [5.41, 5.74) is 1.04. The number of aryl methyl sites for hydroxylation is 1. The van der Waals surface area contributed by atoms with Crippen molar-refractivity contribution in [3.05, 3.63) is 55.0 Å². The molecule has 0 spiro atoms. The van der Waals surface area contributed by atoms with Gasteiger partial charge in [0, 0.05) is 8.04 Å². The van der Waals surface area contributed by atoms with Gasteiger partial charge in [-0.1, -0.05) is 33.6 Å². The second kappa shape index (κ2) is 6.21. The summed E-state index contributed by atoms with van der Waals surface area (Å²) in [6, 6.07) is 10.2. The van der Waals surface area contributed by atoms with E-state index in [0.717, 1.165) is 3.57 Å². The Morgan fingerprint density at radius 2 is 1.90 bits per heavy atom. The highest BCUT2D eigenvalue weighted by Gasteiger charge is 2.18. The summed E-state index contributed by atoms with van der Waals surface area (Å²) in [7, 11) is -3.67. The largest absolute Gasteiger partial charge is 0.278 e. The molecule has 0 unspecified atom stereocenters. The fourth-order valence-electron chi connectivity index (χ4n) is 1.64. The van der Waals surface area contributed by atoms with Crippen LogP contribution in [-0.4, -0.2) is 8.42 Å². The fraction of sp³-hybridized carbons (Fsp3) is 0.0769. The third-order valence-corrected chi connectivity index (χ3v) is 5.60. The predicted molar refractivity (Wildman–Crippen MR) is 93.9 cm³/mol. The molecule has 106 valence electrons. The van der Waals surface area contributed by atoms with Gasteiger partial charge in [0.2, 0.25) is 0 Å². The SMILES string of the molecule is Cc1ccc(Br)cc1S(=O)(=O)Nc1ccc(I)cc1Cl. The zero-order chi connectivity index (χ0) is 14.9. The third kappa shape index (κ3) is 3.66. The van der Waals surface area contributed by atoms with E-state index in [1.165, 1.54) is 0 Å². The Hall–Kier alpha value is -0.310. The van der Waals surface area contributed by atoms with Crippen LogP contribution in [0.2, 0.25) is 5.02 Å². The van der Waals surface area contributed by atoms with E-state index in [9.17, 15) is 8.42 Å². The van der Waals surface area contributed by atoms with E-state index in [4.69, 9.17) is 11.6 Å². The molecule has 2 aromatic rings. The van der Waals surface area contributed by atoms with Crippen LogP contribution in [0.25, 0.3) is 0 Å². The van der Waals surface area contributed by atoms with Crippen molar-refractivity contribution < 1.29 is 8.42 Å². The minimum Gasteiger partial charge on any atom is -0.278 e. The number of anilines is 1. The van der Waals surface area contributed by atoms with Crippen LogP contribution in [0.1, 0.15) is 5.56 Å². The van der Waals surface area contributed by atoms with Gasteiger partial charge in [-0.05, 0) is 65.4 Å². The minimum atomic E-state index is -3.67. The van der Waals surface area contributed by atoms with Crippen molar-refractivity contribution in [3.63, 3.8) is 0 Å². The lowest BCUT2D eigenvalue weighted by Crippen LogP contribution is -2.14. The minimum absolute atomic E-state index is 0.224. The Morgan fingerprint density at radius 1 is 1.20 bits per heavy atom. The number of benzene rings is 2. The average molecular weight is 487 g/mol. The first-order chi connectivity index (χ1) is 9.29. The summed E-state index contributed by atoms with van der Waals surface area (Å²) in [5.74, 6) is 0. The molecular formula is C13H10BrClINO2S. The second-order valence-electron chi connectivity index (χ2n) is 4.14. The monoisotopic (exact) mass is 485 g/mol. The van der Waals surface area contributed by atoms with Crippen LogP contribution in [-0.2, 0) is 10.0 Å². The van der Waals surface area contributed by atoms with Gasteiger partial charge in [0.15, 0.2) is 0 Å². The molecule has 0 fully saturated rings. The Bertz CT molecular complexity index is 765. The van der Waals surface area contributed by atoms with Gasteiger partial charge in [-0.15, -0.1) is 0 Å². The summed E-state index contributed by atoms with van der Waals surface area (Å²) < 4.78 is 29.0. The van der Waals surface area contributed by atoms with E-state index in [-0.39, 0.29) is 4.90 Å². The standard InChI is InChI=1S/C13H10BrClINO2S/c1-8-2-3-9(14)6-13(8)20(18,19)17-12-5-4-10(16)7-11(12)15/h2-7,17H,1H3. The van der Waals surface area contributed by atoms with E-state index in [0.29, 0.717) is 20.7 Å². The van der Waals surface area contributed by atoms with Gasteiger partial charge in [0.1, 0.15) is 0 Å². The third-order valence-electron chi connectivity index (χ3n) is 2.62. The first kappa shape index (κ1) is 16.1. The summed E-state index contributed by atoms with van der Waals surface area (Å²) >= 11 is 11.4. The Kier molecular flexibility index (Phi) is 4.99. The van der Waals surface area contributed by atoms with Crippen molar-refractivity contribution in [3.8, 4) is 0 Å². The average Bonchev–Trinajstić information content (AvgIpc) is 2.35. The van der Waals surface area contributed by atoms with Crippen LogP contribution in [0.15, 0.2) is 45.8 Å². The van der Waals surface area contributed by atoms with Gasteiger partial charge in [-0.25, -0.2) is 8.42 Å². The molecule has 1 N–H and O–H groups in total. The number of hydrogen-bond acceptors (Lipinski definition) is 2. The maximum absolute atomic E-state index is 12.4. The van der Waals surface area contributed by atoms with E-state index >= 15 is 0 Å². The molecule has 0 heterocycles. The molecule has 0 bridgehead atoms. The Labute approximate surface area is 145 Å². The Balaban J connectivity index is 2.43. The molecule has 0 aliphatic rings. The molecular weight excluding hydrogens is 476 g/mol. The molecule has 0 amide bonds. The molecule has 0 aromatic heterocycles. The van der Waals surface area contributed by atoms with Crippen LogP contribution < -0.4 is 4.72 Å². The molecule has 0 atom stereocenters. The molecule has 20 heavy (non-hydrogen) atoms. The van der Waals surface area contributed by atoms with Gasteiger partial charge in [0.25, 0.3) is 10.0 Å². The van der Waals surface area contributed by atoms with Crippen molar-refractivity contribution in [2.24, 2.45) is 0 Å². The lowest BCUT2D eigenvalue weighted by atomic mass is 10.2. The molecule has 0 aliphatic heterocycles. The van der Waals surface area contributed by atoms with Crippen molar-refractivity contribution in [2.45, 2.75) is 11.8 Å². The molecule has 0 saturated heterocycles. The topological polar surface area (TPSA) is 46.2 Å². The quantitative estimate of drug-likeness (QED) is 0.633. The number of rotatable bonds is 3. The van der Waals surface area contributed by atoms with Gasteiger partial charge in [-0.3, -0.25) is 4.72 Å². The summed E-state index contributed by atoms with van der Waals surface area (Å²) in [5, 5.41) is 0.369. The zero-order valence-electron chi connectivity index (χ0n) is 10.3. The number of halogens is 3. The van der Waals surface area contributed by atoms with Gasteiger partial charge in [-0.2, -0.15) is 0 Å². The highest BCUT2D eigenvalue weighted by molar-refractivity contribution is 14.1. The van der Waals surface area contributed by atoms with E-state index in [1.807, 2.05) is 0 Å². The summed E-state index contributed by atoms with van der Waals surface area (Å²) in [6.45, 7) is 1.75. The second-order valence-corrected chi connectivity index (χ2v) is 8.36. The fourth-order valence-corrected chi connectivity index (χ4v) is 4.46. The lowest BCUT2D eigenvalue weighted by Gasteiger charge is -2.12. The van der Waals surface area contributed by atoms with E-state index < -0.39 is 10.0 Å². The van der Waals surface area contributed by atoms with Crippen molar-refractivity contribution >= 4 is 65.8 Å². The number of hydrogen-bond donors (Lipinski definition) is 1. The zero-order valence-corrected chi connectivity index (χ0v) is 15.6. The van der Waals surface area contributed by atoms with Gasteiger partial charge < -0.3 is 0 Å². The predicted octanol–water partition coefficient (Wildman–Crippen LogP) is 4.82. The number of sulfonamides is 1.